The molecule has 1 atom stereocenters. The van der Waals surface area contributed by atoms with Crippen LogP contribution in [0.4, 0.5) is 5.95 Å². The van der Waals surface area contributed by atoms with Gasteiger partial charge in [-0.1, -0.05) is 38.1 Å². The summed E-state index contributed by atoms with van der Waals surface area (Å²) in [7, 11) is 1.63. The van der Waals surface area contributed by atoms with E-state index in [-0.39, 0.29) is 11.9 Å². The number of rotatable bonds is 7. The van der Waals surface area contributed by atoms with Crippen LogP contribution < -0.4 is 14.8 Å². The van der Waals surface area contributed by atoms with Crippen LogP contribution in [-0.2, 0) is 4.79 Å². The first kappa shape index (κ1) is 20.9. The van der Waals surface area contributed by atoms with Crippen molar-refractivity contribution in [3.05, 3.63) is 59.5 Å². The molecule has 0 fully saturated rings. The summed E-state index contributed by atoms with van der Waals surface area (Å²) in [6.07, 6.45) is -0.690. The molecule has 1 N–H and O–H groups in total. The second-order valence-electron chi connectivity index (χ2n) is 7.46. The molecule has 0 saturated carbocycles. The van der Waals surface area contributed by atoms with E-state index in [1.165, 1.54) is 16.9 Å². The van der Waals surface area contributed by atoms with E-state index in [2.05, 4.69) is 29.2 Å². The Morgan fingerprint density at radius 1 is 1.10 bits per heavy atom. The van der Waals surface area contributed by atoms with Gasteiger partial charge in [-0.15, -0.1) is 16.4 Å². The normalized spacial score (nSPS) is 12.2. The Bertz CT molecular complexity index is 1200. The summed E-state index contributed by atoms with van der Waals surface area (Å²) in [6, 6.07) is 15.5. The number of methoxy groups -OCH3 is 1. The van der Waals surface area contributed by atoms with Crippen LogP contribution >= 0.6 is 11.3 Å². The van der Waals surface area contributed by atoms with E-state index < -0.39 is 6.10 Å². The predicted octanol–water partition coefficient (Wildman–Crippen LogP) is 5.00. The predicted molar refractivity (Wildman–Crippen MR) is 122 cm³/mol. The number of thiazole rings is 1. The molecule has 2 aromatic heterocycles. The molecule has 7 nitrogen and oxygen atoms in total. The highest BCUT2D eigenvalue weighted by Crippen LogP contribution is 2.28. The maximum absolute atomic E-state index is 12.6. The van der Waals surface area contributed by atoms with Gasteiger partial charge in [0.1, 0.15) is 11.5 Å². The zero-order valence-electron chi connectivity index (χ0n) is 17.8. The summed E-state index contributed by atoms with van der Waals surface area (Å²) in [4.78, 5) is 17.7. The second kappa shape index (κ2) is 8.77. The van der Waals surface area contributed by atoms with Crippen molar-refractivity contribution in [3.8, 4) is 22.8 Å². The zero-order valence-corrected chi connectivity index (χ0v) is 18.6. The van der Waals surface area contributed by atoms with Gasteiger partial charge in [-0.2, -0.15) is 4.98 Å². The van der Waals surface area contributed by atoms with Gasteiger partial charge in [0.2, 0.25) is 4.96 Å². The monoisotopic (exact) mass is 436 g/mol. The molecule has 0 aliphatic heterocycles. The van der Waals surface area contributed by atoms with Crippen LogP contribution in [-0.4, -0.2) is 33.7 Å². The largest absolute Gasteiger partial charge is 0.497 e. The summed E-state index contributed by atoms with van der Waals surface area (Å²) in [5.74, 6) is 1.78. The number of hydrogen-bond donors (Lipinski definition) is 1. The average molecular weight is 437 g/mol. The molecule has 4 rings (SSSR count). The van der Waals surface area contributed by atoms with E-state index in [0.717, 1.165) is 17.0 Å². The van der Waals surface area contributed by atoms with E-state index in [9.17, 15) is 4.79 Å². The van der Waals surface area contributed by atoms with Crippen LogP contribution in [0.2, 0.25) is 0 Å². The SMILES string of the molecule is COc1cccc(-c2csc3nc(NC(=O)C(C)Oc4ccc(C(C)C)cc4)nn23)c1. The number of carbonyl (C=O) groups is 1. The molecule has 0 aliphatic rings. The first-order chi connectivity index (χ1) is 14.9. The number of fused-ring (bicyclic) bond motifs is 1. The molecule has 0 bridgehead atoms. The lowest BCUT2D eigenvalue weighted by molar-refractivity contribution is -0.122. The van der Waals surface area contributed by atoms with Gasteiger partial charge in [0.15, 0.2) is 6.10 Å². The quantitative estimate of drug-likeness (QED) is 0.441. The molecule has 2 aromatic carbocycles. The van der Waals surface area contributed by atoms with E-state index >= 15 is 0 Å². The third kappa shape index (κ3) is 4.54. The third-order valence-corrected chi connectivity index (χ3v) is 5.73. The zero-order chi connectivity index (χ0) is 22.0. The average Bonchev–Trinajstić information content (AvgIpc) is 3.34. The number of anilines is 1. The van der Waals surface area contributed by atoms with Crippen LogP contribution in [0.25, 0.3) is 16.2 Å². The molecule has 1 amide bonds. The summed E-state index contributed by atoms with van der Waals surface area (Å²) in [5.41, 5.74) is 3.05. The van der Waals surface area contributed by atoms with Gasteiger partial charge in [-0.05, 0) is 42.7 Å². The van der Waals surface area contributed by atoms with Gasteiger partial charge in [0.25, 0.3) is 11.9 Å². The molecule has 31 heavy (non-hydrogen) atoms. The molecular weight excluding hydrogens is 412 g/mol. The Morgan fingerprint density at radius 3 is 2.58 bits per heavy atom. The topological polar surface area (TPSA) is 77.8 Å². The van der Waals surface area contributed by atoms with Gasteiger partial charge in [-0.3, -0.25) is 10.1 Å². The maximum Gasteiger partial charge on any atom is 0.267 e. The van der Waals surface area contributed by atoms with Gasteiger partial charge < -0.3 is 9.47 Å². The molecule has 0 radical (unpaired) electrons. The first-order valence-corrected chi connectivity index (χ1v) is 10.9. The Kier molecular flexibility index (Phi) is 5.90. The van der Waals surface area contributed by atoms with Crippen molar-refractivity contribution in [2.24, 2.45) is 0 Å². The molecule has 0 spiro atoms. The number of carbonyl (C=O) groups excluding carboxylic acids is 1. The number of nitrogens with one attached hydrogen (secondary N) is 1. The summed E-state index contributed by atoms with van der Waals surface area (Å²) in [5, 5.41) is 9.17. The highest BCUT2D eigenvalue weighted by Gasteiger charge is 2.19. The number of amides is 1. The maximum atomic E-state index is 12.6. The summed E-state index contributed by atoms with van der Waals surface area (Å²) in [6.45, 7) is 5.97. The van der Waals surface area contributed by atoms with Crippen LogP contribution in [0.3, 0.4) is 0 Å². The molecule has 0 aliphatic carbocycles. The van der Waals surface area contributed by atoms with Crippen molar-refractivity contribution in [1.82, 2.24) is 14.6 Å². The lowest BCUT2D eigenvalue weighted by Gasteiger charge is -2.14. The Balaban J connectivity index is 1.46. The number of nitrogens with zero attached hydrogens (tertiary/aromatic N) is 3. The number of benzene rings is 2. The fraction of sp³-hybridized carbons (Fsp3) is 0.261. The minimum Gasteiger partial charge on any atom is -0.497 e. The van der Waals surface area contributed by atoms with Gasteiger partial charge in [0.05, 0.1) is 12.8 Å². The van der Waals surface area contributed by atoms with Gasteiger partial charge in [0, 0.05) is 10.9 Å². The number of ether oxygens (including phenoxy) is 2. The van der Waals surface area contributed by atoms with Crippen molar-refractivity contribution >= 4 is 28.2 Å². The molecular formula is C23H24N4O3S. The Hall–Kier alpha value is -3.39. The highest BCUT2D eigenvalue weighted by molar-refractivity contribution is 7.15. The van der Waals surface area contributed by atoms with Crippen LogP contribution in [0, 0.1) is 0 Å². The number of hydrogen-bond acceptors (Lipinski definition) is 6. The van der Waals surface area contributed by atoms with Gasteiger partial charge in [-0.25, -0.2) is 4.52 Å². The van der Waals surface area contributed by atoms with E-state index in [0.29, 0.717) is 16.6 Å². The van der Waals surface area contributed by atoms with E-state index in [1.807, 2.05) is 53.9 Å². The minimum atomic E-state index is -0.690. The van der Waals surface area contributed by atoms with Crippen LogP contribution in [0.1, 0.15) is 32.3 Å². The lowest BCUT2D eigenvalue weighted by Crippen LogP contribution is -2.30. The fourth-order valence-corrected chi connectivity index (χ4v) is 3.95. The molecule has 160 valence electrons. The minimum absolute atomic E-state index is 0.242. The standard InChI is InChI=1S/C23H24N4O3S/c1-14(2)16-8-10-18(11-9-16)30-15(3)21(28)24-22-25-23-27(26-22)20(13-31-23)17-6-5-7-19(12-17)29-4/h5-15H,1-4H3,(H,24,26,28). The molecule has 0 saturated heterocycles. The molecule has 2 heterocycles. The van der Waals surface area contributed by atoms with Gasteiger partial charge >= 0.3 is 0 Å². The van der Waals surface area contributed by atoms with Crippen molar-refractivity contribution in [2.75, 3.05) is 12.4 Å². The molecule has 1 unspecified atom stereocenters. The van der Waals surface area contributed by atoms with Crippen LogP contribution in [0.5, 0.6) is 11.5 Å². The third-order valence-electron chi connectivity index (χ3n) is 4.91. The van der Waals surface area contributed by atoms with E-state index in [4.69, 9.17) is 9.47 Å². The summed E-state index contributed by atoms with van der Waals surface area (Å²) >= 11 is 1.45. The van der Waals surface area contributed by atoms with Crippen LogP contribution in [0.15, 0.2) is 53.9 Å². The second-order valence-corrected chi connectivity index (χ2v) is 8.29. The van der Waals surface area contributed by atoms with Crippen molar-refractivity contribution in [3.63, 3.8) is 0 Å². The summed E-state index contributed by atoms with van der Waals surface area (Å²) < 4.78 is 12.8. The molecule has 4 aromatic rings. The highest BCUT2D eigenvalue weighted by atomic mass is 32.1. The lowest BCUT2D eigenvalue weighted by atomic mass is 10.0. The number of aromatic nitrogens is 3. The fourth-order valence-electron chi connectivity index (χ4n) is 3.12. The van der Waals surface area contributed by atoms with Crippen molar-refractivity contribution in [2.45, 2.75) is 32.8 Å². The Labute approximate surface area is 184 Å². The van der Waals surface area contributed by atoms with Crippen molar-refractivity contribution < 1.29 is 14.3 Å². The van der Waals surface area contributed by atoms with E-state index in [1.54, 1.807) is 18.5 Å². The Morgan fingerprint density at radius 2 is 1.87 bits per heavy atom. The first-order valence-electron chi connectivity index (χ1n) is 10.0. The smallest absolute Gasteiger partial charge is 0.267 e. The van der Waals surface area contributed by atoms with Crippen molar-refractivity contribution in [1.29, 1.82) is 0 Å². The molecule has 8 heteroatoms.